The monoisotopic (exact) mass is 326 g/mol. The fourth-order valence-corrected chi connectivity index (χ4v) is 3.69. The van der Waals surface area contributed by atoms with Gasteiger partial charge in [0, 0.05) is 32.2 Å². The van der Waals surface area contributed by atoms with Crippen molar-refractivity contribution in [3.8, 4) is 0 Å². The van der Waals surface area contributed by atoms with Gasteiger partial charge in [-0.25, -0.2) is 0 Å². The predicted octanol–water partition coefficient (Wildman–Crippen LogP) is 3.03. The molecule has 0 radical (unpaired) electrons. The van der Waals surface area contributed by atoms with E-state index in [1.165, 1.54) is 0 Å². The lowest BCUT2D eigenvalue weighted by Gasteiger charge is -2.27. The van der Waals surface area contributed by atoms with Crippen LogP contribution in [0.2, 0.25) is 0 Å². The lowest BCUT2D eigenvalue weighted by atomic mass is 9.78. The van der Waals surface area contributed by atoms with E-state index in [4.69, 9.17) is 19.3 Å². The second-order valence-electron chi connectivity index (χ2n) is 6.52. The third-order valence-corrected chi connectivity index (χ3v) is 4.89. The highest BCUT2D eigenvalue weighted by molar-refractivity contribution is 5.66. The van der Waals surface area contributed by atoms with Gasteiger partial charge in [-0.05, 0) is 44.4 Å². The molecule has 5 nitrogen and oxygen atoms in total. The van der Waals surface area contributed by atoms with Gasteiger partial charge in [-0.15, -0.1) is 6.58 Å². The molecule has 2 aliphatic rings. The Bertz CT molecular complexity index is 370. The van der Waals surface area contributed by atoms with Crippen LogP contribution in [0.5, 0.6) is 0 Å². The number of fused-ring (bicyclic) bond motifs is 2. The molecule has 1 N–H and O–H groups in total. The summed E-state index contributed by atoms with van der Waals surface area (Å²) in [6, 6.07) is 0. The molecule has 2 saturated heterocycles. The fraction of sp³-hybridized carbons (Fsp3) is 0.833. The molecule has 0 aromatic rings. The highest BCUT2D eigenvalue weighted by Crippen LogP contribution is 2.45. The van der Waals surface area contributed by atoms with Crippen LogP contribution in [0.3, 0.4) is 0 Å². The van der Waals surface area contributed by atoms with Crippen molar-refractivity contribution in [3.63, 3.8) is 0 Å². The van der Waals surface area contributed by atoms with Crippen molar-refractivity contribution in [2.24, 2.45) is 11.8 Å². The van der Waals surface area contributed by atoms with Crippen molar-refractivity contribution in [1.82, 2.24) is 0 Å². The quantitative estimate of drug-likeness (QED) is 0.416. The number of hydrogen-bond donors (Lipinski definition) is 1. The van der Waals surface area contributed by atoms with Gasteiger partial charge in [0.2, 0.25) is 0 Å². The van der Waals surface area contributed by atoms with Crippen LogP contribution in [-0.2, 0) is 19.0 Å². The molecule has 2 fully saturated rings. The second kappa shape index (κ2) is 10.1. The van der Waals surface area contributed by atoms with Gasteiger partial charge in [0.15, 0.2) is 0 Å². The van der Waals surface area contributed by atoms with E-state index in [2.05, 4.69) is 6.58 Å². The van der Waals surface area contributed by atoms with Crippen molar-refractivity contribution in [3.05, 3.63) is 12.7 Å². The molecule has 132 valence electrons. The predicted molar refractivity (Wildman–Crippen MR) is 87.4 cm³/mol. The molecule has 5 heteroatoms. The van der Waals surface area contributed by atoms with Gasteiger partial charge in [-0.2, -0.15) is 0 Å². The minimum absolute atomic E-state index is 0.227. The Hall–Kier alpha value is -0.910. The first-order chi connectivity index (χ1) is 11.2. The average molecular weight is 326 g/mol. The largest absolute Gasteiger partial charge is 0.481 e. The standard InChI is InChI=1S/C18H30O5/c1-2-3-10-21-12-9-14-15(17-8-7-16(14)23-17)13-22-11-5-4-6-18(19)20/h2,14-17H,1,3-13H2,(H,19,20). The van der Waals surface area contributed by atoms with Crippen LogP contribution in [-0.4, -0.2) is 49.7 Å². The van der Waals surface area contributed by atoms with Gasteiger partial charge in [0.05, 0.1) is 18.8 Å². The van der Waals surface area contributed by atoms with E-state index in [-0.39, 0.29) is 6.42 Å². The molecule has 2 bridgehead atoms. The summed E-state index contributed by atoms with van der Waals surface area (Å²) in [4.78, 5) is 10.5. The van der Waals surface area contributed by atoms with E-state index in [1.54, 1.807) is 0 Å². The molecule has 4 atom stereocenters. The Morgan fingerprint density at radius 1 is 1.13 bits per heavy atom. The molecule has 2 aliphatic heterocycles. The third-order valence-electron chi connectivity index (χ3n) is 4.89. The van der Waals surface area contributed by atoms with Gasteiger partial charge in [-0.1, -0.05) is 6.08 Å². The number of aliphatic carboxylic acids is 1. The third kappa shape index (κ3) is 5.90. The molecule has 0 saturated carbocycles. The van der Waals surface area contributed by atoms with Crippen LogP contribution >= 0.6 is 0 Å². The first-order valence-electron chi connectivity index (χ1n) is 8.86. The van der Waals surface area contributed by atoms with Gasteiger partial charge in [0.25, 0.3) is 0 Å². The zero-order chi connectivity index (χ0) is 16.5. The minimum Gasteiger partial charge on any atom is -0.481 e. The maximum atomic E-state index is 10.5. The number of ether oxygens (including phenoxy) is 3. The molecule has 0 aromatic heterocycles. The molecule has 0 amide bonds. The van der Waals surface area contributed by atoms with E-state index < -0.39 is 5.97 Å². The molecule has 0 aromatic carbocycles. The average Bonchev–Trinajstić information content (AvgIpc) is 3.12. The topological polar surface area (TPSA) is 65.0 Å². The summed E-state index contributed by atoms with van der Waals surface area (Å²) in [6.45, 7) is 6.59. The number of unbranched alkanes of at least 4 members (excludes halogenated alkanes) is 1. The molecule has 0 aliphatic carbocycles. The minimum atomic E-state index is -0.733. The van der Waals surface area contributed by atoms with Gasteiger partial charge in [-0.3, -0.25) is 4.79 Å². The molecule has 0 spiro atoms. The SMILES string of the molecule is C=CCCOCCC1C2CCC(O2)C1COCCCCC(=O)O. The van der Waals surface area contributed by atoms with Crippen molar-refractivity contribution < 1.29 is 24.1 Å². The smallest absolute Gasteiger partial charge is 0.303 e. The summed E-state index contributed by atoms with van der Waals surface area (Å²) >= 11 is 0. The maximum Gasteiger partial charge on any atom is 0.303 e. The number of carboxylic acids is 1. The van der Waals surface area contributed by atoms with Crippen LogP contribution < -0.4 is 0 Å². The number of carboxylic acid groups (broad SMARTS) is 1. The molecule has 4 unspecified atom stereocenters. The van der Waals surface area contributed by atoms with Crippen molar-refractivity contribution in [1.29, 1.82) is 0 Å². The van der Waals surface area contributed by atoms with Crippen LogP contribution in [0.25, 0.3) is 0 Å². The van der Waals surface area contributed by atoms with E-state index in [9.17, 15) is 4.79 Å². The van der Waals surface area contributed by atoms with Crippen molar-refractivity contribution >= 4 is 5.97 Å². The number of hydrogen-bond acceptors (Lipinski definition) is 4. The lowest BCUT2D eigenvalue weighted by Crippen LogP contribution is -2.31. The van der Waals surface area contributed by atoms with Gasteiger partial charge < -0.3 is 19.3 Å². The summed E-state index contributed by atoms with van der Waals surface area (Å²) in [7, 11) is 0. The zero-order valence-electron chi connectivity index (χ0n) is 14.0. The number of carbonyl (C=O) groups is 1. The van der Waals surface area contributed by atoms with Gasteiger partial charge in [0.1, 0.15) is 0 Å². The van der Waals surface area contributed by atoms with Crippen LogP contribution in [0, 0.1) is 11.8 Å². The van der Waals surface area contributed by atoms with Crippen molar-refractivity contribution in [2.45, 2.75) is 57.2 Å². The highest BCUT2D eigenvalue weighted by Gasteiger charge is 2.48. The normalized spacial score (nSPS) is 29.0. The Balaban J connectivity index is 1.62. The number of rotatable bonds is 13. The summed E-state index contributed by atoms with van der Waals surface area (Å²) < 4.78 is 17.5. The Kier molecular flexibility index (Phi) is 8.06. The summed E-state index contributed by atoms with van der Waals surface area (Å²) in [6.07, 6.45) is 8.56. The first-order valence-corrected chi connectivity index (χ1v) is 8.86. The van der Waals surface area contributed by atoms with E-state index in [1.807, 2.05) is 6.08 Å². The Labute approximate surface area is 139 Å². The van der Waals surface area contributed by atoms with E-state index in [0.29, 0.717) is 37.1 Å². The van der Waals surface area contributed by atoms with Gasteiger partial charge >= 0.3 is 5.97 Å². The fourth-order valence-electron chi connectivity index (χ4n) is 3.69. The highest BCUT2D eigenvalue weighted by atomic mass is 16.5. The Morgan fingerprint density at radius 2 is 1.91 bits per heavy atom. The van der Waals surface area contributed by atoms with Crippen LogP contribution in [0.1, 0.15) is 44.9 Å². The van der Waals surface area contributed by atoms with E-state index >= 15 is 0 Å². The molecule has 23 heavy (non-hydrogen) atoms. The maximum absolute atomic E-state index is 10.5. The van der Waals surface area contributed by atoms with Crippen LogP contribution in [0.4, 0.5) is 0 Å². The Morgan fingerprint density at radius 3 is 2.65 bits per heavy atom. The summed E-state index contributed by atoms with van der Waals surface area (Å²) in [5.41, 5.74) is 0. The van der Waals surface area contributed by atoms with Crippen molar-refractivity contribution in [2.75, 3.05) is 26.4 Å². The zero-order valence-corrected chi connectivity index (χ0v) is 14.0. The summed E-state index contributed by atoms with van der Waals surface area (Å²) in [5, 5.41) is 8.61. The second-order valence-corrected chi connectivity index (χ2v) is 6.52. The molecule has 2 rings (SSSR count). The lowest BCUT2D eigenvalue weighted by molar-refractivity contribution is -0.137. The molecule has 2 heterocycles. The summed E-state index contributed by atoms with van der Waals surface area (Å²) in [5.74, 6) is 0.274. The first kappa shape index (κ1) is 18.4. The molecular weight excluding hydrogens is 296 g/mol. The van der Waals surface area contributed by atoms with E-state index in [0.717, 1.165) is 51.9 Å². The van der Waals surface area contributed by atoms with Crippen LogP contribution in [0.15, 0.2) is 12.7 Å². The molecular formula is C18H30O5.